The van der Waals surface area contributed by atoms with Crippen LogP contribution in [0.15, 0.2) is 60.8 Å². The Morgan fingerprint density at radius 3 is 2.47 bits per heavy atom. The number of aryl methyl sites for hydroxylation is 1. The average Bonchev–Trinajstić information content (AvgIpc) is 3.34. The van der Waals surface area contributed by atoms with Gasteiger partial charge in [-0.1, -0.05) is 36.4 Å². The number of carboxylic acid groups (broad SMARTS) is 1. The molecule has 5 rings (SSSR count). The van der Waals surface area contributed by atoms with Gasteiger partial charge in [0, 0.05) is 49.7 Å². The second-order valence-electron chi connectivity index (χ2n) is 8.85. The lowest BCUT2D eigenvalue weighted by atomic mass is 10.0. The van der Waals surface area contributed by atoms with Crippen LogP contribution in [-0.4, -0.2) is 69.7 Å². The molecule has 3 heterocycles. The molecule has 0 amide bonds. The van der Waals surface area contributed by atoms with Crippen molar-refractivity contribution in [2.75, 3.05) is 32.1 Å². The summed E-state index contributed by atoms with van der Waals surface area (Å²) >= 11 is 0. The number of rotatable bonds is 6. The molecule has 188 valence electrons. The van der Waals surface area contributed by atoms with Crippen molar-refractivity contribution < 1.29 is 14.6 Å². The van der Waals surface area contributed by atoms with E-state index >= 15 is 0 Å². The van der Waals surface area contributed by atoms with Crippen molar-refractivity contribution >= 4 is 23.1 Å². The van der Waals surface area contributed by atoms with E-state index < -0.39 is 0 Å². The van der Waals surface area contributed by atoms with Crippen LogP contribution in [0.4, 0.5) is 5.82 Å². The Kier molecular flexibility index (Phi) is 8.12. The van der Waals surface area contributed by atoms with Crippen LogP contribution in [0.1, 0.15) is 18.4 Å². The summed E-state index contributed by atoms with van der Waals surface area (Å²) in [6, 6.07) is 19.3. The van der Waals surface area contributed by atoms with Crippen LogP contribution in [0.5, 0.6) is 5.75 Å². The third-order valence-electron chi connectivity index (χ3n) is 6.68. The normalized spacial score (nSPS) is 13.9. The van der Waals surface area contributed by atoms with E-state index in [9.17, 15) is 0 Å². The number of hydrogen-bond acceptors (Lipinski definition) is 7. The number of methoxy groups -OCH3 is 1. The molecule has 0 aliphatic carbocycles. The van der Waals surface area contributed by atoms with Crippen molar-refractivity contribution in [1.29, 1.82) is 0 Å². The van der Waals surface area contributed by atoms with E-state index in [0.717, 1.165) is 66.2 Å². The zero-order valence-electron chi connectivity index (χ0n) is 20.9. The number of anilines is 1. The fourth-order valence-electron chi connectivity index (χ4n) is 4.83. The van der Waals surface area contributed by atoms with Gasteiger partial charge in [0.05, 0.1) is 12.8 Å². The monoisotopic (exact) mass is 488 g/mol. The number of benzene rings is 2. The molecule has 0 radical (unpaired) electrons. The molecule has 0 saturated carbocycles. The quantitative estimate of drug-likeness (QED) is 0.409. The van der Waals surface area contributed by atoms with Gasteiger partial charge in [-0.25, -0.2) is 0 Å². The maximum absolute atomic E-state index is 8.36. The molecule has 9 nitrogen and oxygen atoms in total. The molecule has 0 bridgehead atoms. The summed E-state index contributed by atoms with van der Waals surface area (Å²) in [4.78, 5) is 13.2. The Morgan fingerprint density at radius 2 is 1.81 bits per heavy atom. The summed E-state index contributed by atoms with van der Waals surface area (Å²) in [7, 11) is 5.87. The summed E-state index contributed by atoms with van der Waals surface area (Å²) in [6.45, 7) is 2.61. The van der Waals surface area contributed by atoms with Crippen LogP contribution in [0, 0.1) is 0 Å². The van der Waals surface area contributed by atoms with Crippen LogP contribution in [-0.2, 0) is 18.4 Å². The SMILES string of the molecule is COc1cccc(CN(C)C2CCN(c3nnc(-c4ccnn4C)c4ccccc34)CC2)c1.O=CO. The predicted octanol–water partition coefficient (Wildman–Crippen LogP) is 3.84. The second kappa shape index (κ2) is 11.6. The van der Waals surface area contributed by atoms with E-state index in [1.54, 1.807) is 13.3 Å². The smallest absolute Gasteiger partial charge is 0.290 e. The first-order valence-electron chi connectivity index (χ1n) is 12.0. The van der Waals surface area contributed by atoms with Crippen LogP contribution >= 0.6 is 0 Å². The maximum Gasteiger partial charge on any atom is 0.290 e. The molecule has 1 saturated heterocycles. The number of ether oxygens (including phenoxy) is 1. The van der Waals surface area contributed by atoms with Gasteiger partial charge in [-0.3, -0.25) is 14.4 Å². The third-order valence-corrected chi connectivity index (χ3v) is 6.68. The van der Waals surface area contributed by atoms with Crippen molar-refractivity contribution in [1.82, 2.24) is 24.9 Å². The fourth-order valence-corrected chi connectivity index (χ4v) is 4.83. The van der Waals surface area contributed by atoms with E-state index in [1.807, 2.05) is 23.9 Å². The molecule has 36 heavy (non-hydrogen) atoms. The van der Waals surface area contributed by atoms with Gasteiger partial charge in [-0.2, -0.15) is 5.10 Å². The van der Waals surface area contributed by atoms with Gasteiger partial charge in [0.1, 0.15) is 11.4 Å². The molecule has 1 N–H and O–H groups in total. The van der Waals surface area contributed by atoms with E-state index in [0.29, 0.717) is 6.04 Å². The number of piperidine rings is 1. The van der Waals surface area contributed by atoms with Crippen molar-refractivity contribution in [2.45, 2.75) is 25.4 Å². The molecule has 1 aliphatic heterocycles. The van der Waals surface area contributed by atoms with Crippen molar-refractivity contribution in [3.8, 4) is 17.1 Å². The highest BCUT2D eigenvalue weighted by Gasteiger charge is 2.25. The van der Waals surface area contributed by atoms with E-state index in [2.05, 4.69) is 69.5 Å². The predicted molar refractivity (Wildman–Crippen MR) is 140 cm³/mol. The lowest BCUT2D eigenvalue weighted by molar-refractivity contribution is -0.122. The minimum Gasteiger partial charge on any atom is -0.497 e. The number of aromatic nitrogens is 4. The van der Waals surface area contributed by atoms with Crippen LogP contribution in [0.2, 0.25) is 0 Å². The van der Waals surface area contributed by atoms with Gasteiger partial charge in [0.2, 0.25) is 0 Å². The van der Waals surface area contributed by atoms with Crippen molar-refractivity contribution in [3.63, 3.8) is 0 Å². The molecule has 1 aliphatic rings. The highest BCUT2D eigenvalue weighted by molar-refractivity contribution is 5.99. The zero-order valence-corrected chi connectivity index (χ0v) is 20.9. The van der Waals surface area contributed by atoms with Gasteiger partial charge >= 0.3 is 0 Å². The first-order chi connectivity index (χ1) is 17.5. The summed E-state index contributed by atoms with van der Waals surface area (Å²) in [5, 5.41) is 22.8. The Balaban J connectivity index is 0.000000967. The lowest BCUT2D eigenvalue weighted by Gasteiger charge is -2.37. The molecule has 9 heteroatoms. The van der Waals surface area contributed by atoms with Crippen LogP contribution in [0.25, 0.3) is 22.2 Å². The average molecular weight is 489 g/mol. The first-order valence-corrected chi connectivity index (χ1v) is 12.0. The van der Waals surface area contributed by atoms with Crippen LogP contribution < -0.4 is 9.64 Å². The van der Waals surface area contributed by atoms with E-state index in [-0.39, 0.29) is 6.47 Å². The van der Waals surface area contributed by atoms with Gasteiger partial charge < -0.3 is 14.7 Å². The maximum atomic E-state index is 8.36. The Morgan fingerprint density at radius 1 is 1.08 bits per heavy atom. The Labute approximate surface area is 210 Å². The minimum absolute atomic E-state index is 0.250. The van der Waals surface area contributed by atoms with Gasteiger partial charge in [-0.15, -0.1) is 10.2 Å². The summed E-state index contributed by atoms with van der Waals surface area (Å²) < 4.78 is 7.22. The largest absolute Gasteiger partial charge is 0.497 e. The van der Waals surface area contributed by atoms with Gasteiger partial charge in [0.15, 0.2) is 5.82 Å². The van der Waals surface area contributed by atoms with Gasteiger partial charge in [-0.05, 0) is 43.7 Å². The minimum atomic E-state index is -0.250. The standard InChI is InChI=1S/C26H30N6O.CH2O2/c1-30(18-19-7-6-8-21(17-19)33-3)20-12-15-32(16-13-20)26-23-10-5-4-9-22(23)25(28-29-26)24-11-14-27-31(24)2;2-1-3/h4-11,14,17,20H,12-13,15-16,18H2,1-3H3;1H,(H,2,3). The number of nitrogens with zero attached hydrogens (tertiary/aromatic N) is 6. The Hall–Kier alpha value is -3.98. The number of fused-ring (bicyclic) bond motifs is 1. The molecule has 0 spiro atoms. The lowest BCUT2D eigenvalue weighted by Crippen LogP contribution is -2.43. The molecule has 2 aromatic heterocycles. The van der Waals surface area contributed by atoms with Crippen molar-refractivity contribution in [2.24, 2.45) is 7.05 Å². The summed E-state index contributed by atoms with van der Waals surface area (Å²) in [5.74, 6) is 1.89. The van der Waals surface area contributed by atoms with E-state index in [1.165, 1.54) is 5.56 Å². The van der Waals surface area contributed by atoms with E-state index in [4.69, 9.17) is 19.7 Å². The molecule has 1 fully saturated rings. The topological polar surface area (TPSA) is 96.6 Å². The van der Waals surface area contributed by atoms with Crippen molar-refractivity contribution in [3.05, 3.63) is 66.4 Å². The Bertz CT molecular complexity index is 1300. The molecular weight excluding hydrogens is 456 g/mol. The fraction of sp³-hybridized carbons (Fsp3) is 0.333. The molecular formula is C27H32N6O3. The summed E-state index contributed by atoms with van der Waals surface area (Å²) in [5.41, 5.74) is 3.13. The molecule has 4 aromatic rings. The summed E-state index contributed by atoms with van der Waals surface area (Å²) in [6.07, 6.45) is 3.99. The van der Waals surface area contributed by atoms with Gasteiger partial charge in [0.25, 0.3) is 6.47 Å². The highest BCUT2D eigenvalue weighted by Crippen LogP contribution is 2.32. The molecule has 2 aromatic carbocycles. The first kappa shape index (κ1) is 25.1. The van der Waals surface area contributed by atoms with Crippen LogP contribution in [0.3, 0.4) is 0 Å². The number of carbonyl (C=O) groups is 1. The zero-order chi connectivity index (χ0) is 25.5. The third kappa shape index (κ3) is 5.46. The molecule has 0 atom stereocenters. The second-order valence-corrected chi connectivity index (χ2v) is 8.85. The highest BCUT2D eigenvalue weighted by atomic mass is 16.5. The molecule has 0 unspecified atom stereocenters. The number of hydrogen-bond donors (Lipinski definition) is 1.